The molecule has 0 aromatic heterocycles. The van der Waals surface area contributed by atoms with Crippen LogP contribution < -0.4 is 5.73 Å². The Bertz CT molecular complexity index is 296. The fourth-order valence-corrected chi connectivity index (χ4v) is 2.11. The molecule has 0 spiro atoms. The van der Waals surface area contributed by atoms with Gasteiger partial charge >= 0.3 is 0 Å². The van der Waals surface area contributed by atoms with Crippen molar-refractivity contribution < 1.29 is 0 Å². The van der Waals surface area contributed by atoms with Crippen LogP contribution in [0, 0.1) is 0 Å². The molecule has 1 aromatic rings. The lowest BCUT2D eigenvalue weighted by molar-refractivity contribution is 0.708. The van der Waals surface area contributed by atoms with E-state index < -0.39 is 0 Å². The van der Waals surface area contributed by atoms with Crippen LogP contribution in [0.15, 0.2) is 18.2 Å². The number of fused-ring (bicyclic) bond motifs is 1. The largest absolute Gasteiger partial charge is 0.398 e. The van der Waals surface area contributed by atoms with Crippen LogP contribution in [-0.2, 0) is 12.8 Å². The summed E-state index contributed by atoms with van der Waals surface area (Å²) in [7, 11) is 0. The molecule has 0 bridgehead atoms. The highest BCUT2D eigenvalue weighted by atomic mass is 32.1. The Morgan fingerprint density at radius 2 is 2.25 bits per heavy atom. The summed E-state index contributed by atoms with van der Waals surface area (Å²) in [5, 5.41) is 0.502. The van der Waals surface area contributed by atoms with E-state index in [1.165, 1.54) is 17.5 Å². The number of nitrogen functional groups attached to an aromatic ring is 1. The lowest BCUT2D eigenvalue weighted by Crippen LogP contribution is -2.15. The van der Waals surface area contributed by atoms with Gasteiger partial charge in [0.2, 0.25) is 0 Å². The summed E-state index contributed by atoms with van der Waals surface area (Å²) in [6.07, 6.45) is 3.35. The van der Waals surface area contributed by atoms with Gasteiger partial charge < -0.3 is 5.73 Å². The maximum absolute atomic E-state index is 5.87. The molecule has 0 saturated carbocycles. The Labute approximate surface area is 78.4 Å². The van der Waals surface area contributed by atoms with E-state index in [2.05, 4.69) is 18.7 Å². The predicted molar refractivity (Wildman–Crippen MR) is 55.7 cm³/mol. The summed E-state index contributed by atoms with van der Waals surface area (Å²) in [6, 6.07) is 6.18. The van der Waals surface area contributed by atoms with Gasteiger partial charge in [0.05, 0.1) is 0 Å². The lowest BCUT2D eigenvalue weighted by atomic mass is 9.90. The third-order valence-electron chi connectivity index (χ3n) is 2.50. The van der Waals surface area contributed by atoms with Gasteiger partial charge in [-0.15, -0.1) is 0 Å². The average Bonchev–Trinajstić information content (AvgIpc) is 2.07. The van der Waals surface area contributed by atoms with E-state index in [1.807, 2.05) is 12.1 Å². The minimum Gasteiger partial charge on any atom is -0.398 e. The van der Waals surface area contributed by atoms with Crippen molar-refractivity contribution in [3.63, 3.8) is 0 Å². The molecule has 1 aromatic carbocycles. The van der Waals surface area contributed by atoms with Crippen LogP contribution in [0.3, 0.4) is 0 Å². The summed E-state index contributed by atoms with van der Waals surface area (Å²) in [5.74, 6) is 0. The van der Waals surface area contributed by atoms with Gasteiger partial charge in [-0.1, -0.05) is 12.1 Å². The number of hydrogen-bond acceptors (Lipinski definition) is 2. The third kappa shape index (κ3) is 1.31. The van der Waals surface area contributed by atoms with Gasteiger partial charge in [0.15, 0.2) is 0 Å². The number of aryl methyl sites for hydroxylation is 1. The normalized spacial score (nSPS) is 21.9. The Kier molecular flexibility index (Phi) is 2.01. The number of anilines is 1. The highest BCUT2D eigenvalue weighted by molar-refractivity contribution is 7.80. The minimum atomic E-state index is 0.502. The van der Waals surface area contributed by atoms with Crippen LogP contribution in [0.2, 0.25) is 0 Å². The van der Waals surface area contributed by atoms with E-state index in [1.54, 1.807) is 0 Å². The summed E-state index contributed by atoms with van der Waals surface area (Å²) in [5.41, 5.74) is 9.55. The summed E-state index contributed by atoms with van der Waals surface area (Å²) in [4.78, 5) is 0. The van der Waals surface area contributed by atoms with Crippen molar-refractivity contribution in [1.29, 1.82) is 0 Å². The molecular formula is C10H13NS. The summed E-state index contributed by atoms with van der Waals surface area (Å²) in [6.45, 7) is 0. The van der Waals surface area contributed by atoms with Crippen molar-refractivity contribution in [2.75, 3.05) is 5.73 Å². The predicted octanol–water partition coefficient (Wildman–Crippen LogP) is 2.06. The Balaban J connectivity index is 2.43. The van der Waals surface area contributed by atoms with Crippen LogP contribution in [0.25, 0.3) is 0 Å². The second-order valence-electron chi connectivity index (χ2n) is 3.38. The zero-order chi connectivity index (χ0) is 8.55. The molecule has 0 fully saturated rings. The van der Waals surface area contributed by atoms with Gasteiger partial charge in [-0.25, -0.2) is 0 Å². The molecule has 0 aliphatic heterocycles. The quantitative estimate of drug-likeness (QED) is 0.462. The van der Waals surface area contributed by atoms with Crippen molar-refractivity contribution in [1.82, 2.24) is 0 Å². The molecular weight excluding hydrogens is 166 g/mol. The van der Waals surface area contributed by atoms with Crippen molar-refractivity contribution >= 4 is 18.3 Å². The smallest absolute Gasteiger partial charge is 0.0349 e. The molecule has 1 aliphatic carbocycles. The van der Waals surface area contributed by atoms with E-state index in [9.17, 15) is 0 Å². The number of benzene rings is 1. The van der Waals surface area contributed by atoms with E-state index in [0.29, 0.717) is 5.25 Å². The number of nitrogens with two attached hydrogens (primary N) is 1. The molecule has 2 N–H and O–H groups in total. The molecule has 0 amide bonds. The molecule has 64 valence electrons. The zero-order valence-electron chi connectivity index (χ0n) is 6.96. The first-order chi connectivity index (χ1) is 5.77. The Hall–Kier alpha value is -0.630. The van der Waals surface area contributed by atoms with Gasteiger partial charge in [0.25, 0.3) is 0 Å². The molecule has 12 heavy (non-hydrogen) atoms. The van der Waals surface area contributed by atoms with E-state index >= 15 is 0 Å². The first kappa shape index (κ1) is 7.99. The maximum Gasteiger partial charge on any atom is 0.0349 e. The summed E-state index contributed by atoms with van der Waals surface area (Å²) < 4.78 is 0. The van der Waals surface area contributed by atoms with E-state index in [-0.39, 0.29) is 0 Å². The van der Waals surface area contributed by atoms with Crippen LogP contribution in [0.4, 0.5) is 5.69 Å². The van der Waals surface area contributed by atoms with Crippen molar-refractivity contribution in [3.8, 4) is 0 Å². The van der Waals surface area contributed by atoms with Gasteiger partial charge in [-0.3, -0.25) is 0 Å². The van der Waals surface area contributed by atoms with Gasteiger partial charge in [0.1, 0.15) is 0 Å². The summed E-state index contributed by atoms with van der Waals surface area (Å²) >= 11 is 4.48. The molecule has 0 heterocycles. The topological polar surface area (TPSA) is 26.0 Å². The van der Waals surface area contributed by atoms with E-state index in [0.717, 1.165) is 18.5 Å². The SMILES string of the molecule is Nc1cccc2c1CC(S)CC2. The van der Waals surface area contributed by atoms with Crippen molar-refractivity contribution in [2.45, 2.75) is 24.5 Å². The highest BCUT2D eigenvalue weighted by Crippen LogP contribution is 2.28. The highest BCUT2D eigenvalue weighted by Gasteiger charge is 2.16. The van der Waals surface area contributed by atoms with Crippen LogP contribution in [-0.4, -0.2) is 5.25 Å². The monoisotopic (exact) mass is 179 g/mol. The Morgan fingerprint density at radius 1 is 1.42 bits per heavy atom. The lowest BCUT2D eigenvalue weighted by Gasteiger charge is -2.21. The standard InChI is InChI=1S/C10H13NS/c11-10-3-1-2-7-4-5-8(12)6-9(7)10/h1-3,8,12H,4-6,11H2. The van der Waals surface area contributed by atoms with Crippen LogP contribution >= 0.6 is 12.6 Å². The van der Waals surface area contributed by atoms with Crippen LogP contribution in [0.5, 0.6) is 0 Å². The second-order valence-corrected chi connectivity index (χ2v) is 4.11. The molecule has 1 aliphatic rings. The van der Waals surface area contributed by atoms with Gasteiger partial charge in [-0.05, 0) is 36.5 Å². The fraction of sp³-hybridized carbons (Fsp3) is 0.400. The minimum absolute atomic E-state index is 0.502. The number of hydrogen-bond donors (Lipinski definition) is 2. The number of rotatable bonds is 0. The molecule has 0 saturated heterocycles. The molecule has 1 atom stereocenters. The molecule has 2 rings (SSSR count). The van der Waals surface area contributed by atoms with E-state index in [4.69, 9.17) is 5.73 Å². The first-order valence-electron chi connectivity index (χ1n) is 4.31. The molecule has 0 radical (unpaired) electrons. The third-order valence-corrected chi connectivity index (χ3v) is 2.94. The molecule has 1 unspecified atom stereocenters. The maximum atomic E-state index is 5.87. The Morgan fingerprint density at radius 3 is 3.08 bits per heavy atom. The van der Waals surface area contributed by atoms with Crippen molar-refractivity contribution in [2.24, 2.45) is 0 Å². The van der Waals surface area contributed by atoms with Crippen LogP contribution in [0.1, 0.15) is 17.5 Å². The number of thiol groups is 1. The zero-order valence-corrected chi connectivity index (χ0v) is 7.85. The molecule has 2 heteroatoms. The van der Waals surface area contributed by atoms with Crippen molar-refractivity contribution in [3.05, 3.63) is 29.3 Å². The van der Waals surface area contributed by atoms with Gasteiger partial charge in [-0.2, -0.15) is 12.6 Å². The fourth-order valence-electron chi connectivity index (χ4n) is 1.80. The van der Waals surface area contributed by atoms with Gasteiger partial charge in [0, 0.05) is 10.9 Å². The molecule has 1 nitrogen and oxygen atoms in total. The first-order valence-corrected chi connectivity index (χ1v) is 4.83. The average molecular weight is 179 g/mol. The second kappa shape index (κ2) is 3.02.